The number of phosphoric ester groups is 1. The number of quaternary nitrogens is 1. The van der Waals surface area contributed by atoms with Gasteiger partial charge in [0.15, 0.2) is 6.10 Å². The van der Waals surface area contributed by atoms with E-state index in [1.54, 1.807) is 0 Å². The molecule has 0 bridgehead atoms. The lowest BCUT2D eigenvalue weighted by molar-refractivity contribution is -0.870. The van der Waals surface area contributed by atoms with Crippen LogP contribution >= 0.6 is 7.82 Å². The molecule has 0 aromatic carbocycles. The Kier molecular flexibility index (Phi) is 48.2. The van der Waals surface area contributed by atoms with Gasteiger partial charge in [-0.1, -0.05) is 220 Å². The minimum absolute atomic E-state index is 0.0348. The maximum atomic E-state index is 12.7. The summed E-state index contributed by atoms with van der Waals surface area (Å²) < 4.78 is 33.9. The van der Waals surface area contributed by atoms with Crippen LogP contribution in [-0.4, -0.2) is 70.0 Å². The highest BCUT2D eigenvalue weighted by molar-refractivity contribution is 7.45. The zero-order valence-corrected chi connectivity index (χ0v) is 46.1. The Balaban J connectivity index is 3.98. The molecule has 0 spiro atoms. The molecular weight excluding hydrogens is 894 g/mol. The Bertz CT molecular complexity index is 1550. The van der Waals surface area contributed by atoms with Gasteiger partial charge in [-0.2, -0.15) is 0 Å². The van der Waals surface area contributed by atoms with Crippen LogP contribution in [0.5, 0.6) is 0 Å². The van der Waals surface area contributed by atoms with Gasteiger partial charge >= 0.3 is 11.9 Å². The normalized spacial score (nSPS) is 14.2. The molecule has 0 saturated carbocycles. The lowest BCUT2D eigenvalue weighted by Gasteiger charge is -2.28. The zero-order valence-electron chi connectivity index (χ0n) is 45.2. The van der Waals surface area contributed by atoms with Gasteiger partial charge < -0.3 is 27.9 Å². The first-order valence-corrected chi connectivity index (χ1v) is 29.1. The molecule has 0 aromatic heterocycles. The van der Waals surface area contributed by atoms with Crippen molar-refractivity contribution in [2.75, 3.05) is 47.5 Å². The van der Waals surface area contributed by atoms with Crippen molar-refractivity contribution < 1.29 is 42.1 Å². The van der Waals surface area contributed by atoms with Crippen LogP contribution in [0.15, 0.2) is 109 Å². The van der Waals surface area contributed by atoms with E-state index in [0.29, 0.717) is 17.4 Å². The second-order valence-electron chi connectivity index (χ2n) is 19.2. The van der Waals surface area contributed by atoms with Gasteiger partial charge in [0.25, 0.3) is 7.82 Å². The number of likely N-dealkylation sites (N-methyl/N-ethyl adjacent to an activating group) is 1. The van der Waals surface area contributed by atoms with Crippen molar-refractivity contribution in [3.05, 3.63) is 109 Å². The first-order chi connectivity index (χ1) is 34.0. The summed E-state index contributed by atoms with van der Waals surface area (Å²) in [5, 5.41) is 0. The number of hydrogen-bond donors (Lipinski definition) is 0. The highest BCUT2D eigenvalue weighted by Gasteiger charge is 2.21. The fourth-order valence-corrected chi connectivity index (χ4v) is 7.79. The summed E-state index contributed by atoms with van der Waals surface area (Å²) in [6.07, 6.45) is 70.3. The molecule has 10 heteroatoms. The molecule has 70 heavy (non-hydrogen) atoms. The number of nitrogens with zero attached hydrogens (tertiary/aromatic N) is 1. The average molecular weight is 996 g/mol. The SMILES string of the molecule is CC/C=C\C/C=C\C/C=C\C/C=C\C/C=C\C/C=C\C/C=C\C/C=C\C/C=C\CCCCCCCCCCCCCC(=O)OC(COC(=O)CCCCCCCCC)COP(=O)([O-])OCC[N+](C)(C)C. The predicted molar refractivity (Wildman–Crippen MR) is 295 cm³/mol. The van der Waals surface area contributed by atoms with E-state index >= 15 is 0 Å². The van der Waals surface area contributed by atoms with Gasteiger partial charge in [-0.15, -0.1) is 0 Å². The molecule has 9 nitrogen and oxygen atoms in total. The summed E-state index contributed by atoms with van der Waals surface area (Å²) >= 11 is 0. The molecule has 2 unspecified atom stereocenters. The number of rotatable bonds is 49. The van der Waals surface area contributed by atoms with E-state index in [-0.39, 0.29) is 26.1 Å². The molecular formula is C60H102NO8P. The number of esters is 2. The average Bonchev–Trinajstić information content (AvgIpc) is 3.32. The van der Waals surface area contributed by atoms with E-state index in [1.165, 1.54) is 64.2 Å². The summed E-state index contributed by atoms with van der Waals surface area (Å²) in [6.45, 7) is 4.05. The fraction of sp³-hybridized carbons (Fsp3) is 0.667. The van der Waals surface area contributed by atoms with E-state index in [4.69, 9.17) is 18.5 Å². The number of allylic oxidation sites excluding steroid dienone is 18. The number of ether oxygens (including phenoxy) is 2. The van der Waals surface area contributed by atoms with E-state index < -0.39 is 32.5 Å². The van der Waals surface area contributed by atoms with E-state index in [1.807, 2.05) is 21.1 Å². The smallest absolute Gasteiger partial charge is 0.306 e. The van der Waals surface area contributed by atoms with Gasteiger partial charge in [-0.05, 0) is 83.5 Å². The van der Waals surface area contributed by atoms with E-state index in [9.17, 15) is 19.0 Å². The van der Waals surface area contributed by atoms with Gasteiger partial charge in [0.05, 0.1) is 27.7 Å². The summed E-state index contributed by atoms with van der Waals surface area (Å²) in [5.41, 5.74) is 0. The molecule has 0 aliphatic rings. The Labute approximate surface area is 429 Å². The molecule has 0 rings (SSSR count). The van der Waals surface area contributed by atoms with Crippen molar-refractivity contribution in [2.45, 2.75) is 213 Å². The Morgan fingerprint density at radius 2 is 0.814 bits per heavy atom. The standard InChI is InChI=1S/C60H102NO8P/c1-6-8-10-12-14-15-16-17-18-19-20-21-22-23-24-25-26-27-28-29-30-31-32-33-34-35-36-37-38-39-40-41-42-43-44-45-47-49-51-53-60(63)69-58(57-68-70(64,65)67-55-54-61(3,4)5)56-66-59(62)52-50-48-46-13-11-9-7-2/h8,10,14-15,17-18,20-21,23-24,26-27,29-30,32-33,35-36,58H,6-7,9,11-13,16,19,22,25,28,31,34,37-57H2,1-5H3/b10-8-,15-14-,18-17-,21-20-,24-23-,27-26-,30-29-,33-32-,36-35-. The molecule has 0 saturated heterocycles. The minimum atomic E-state index is -4.63. The highest BCUT2D eigenvalue weighted by Crippen LogP contribution is 2.38. The molecule has 0 heterocycles. The van der Waals surface area contributed by atoms with Gasteiger partial charge in [0.2, 0.25) is 0 Å². The lowest BCUT2D eigenvalue weighted by Crippen LogP contribution is -2.37. The molecule has 0 aliphatic carbocycles. The Hall–Kier alpha value is -3.33. The molecule has 0 radical (unpaired) electrons. The summed E-state index contributed by atoms with van der Waals surface area (Å²) in [4.78, 5) is 37.5. The quantitative estimate of drug-likeness (QED) is 0.0195. The molecule has 2 atom stereocenters. The maximum absolute atomic E-state index is 12.7. The molecule has 0 fully saturated rings. The Morgan fingerprint density at radius 1 is 0.457 bits per heavy atom. The van der Waals surface area contributed by atoms with Gasteiger partial charge in [0, 0.05) is 12.8 Å². The molecule has 0 amide bonds. The van der Waals surface area contributed by atoms with Crippen molar-refractivity contribution in [2.24, 2.45) is 0 Å². The molecule has 0 N–H and O–H groups in total. The van der Waals surface area contributed by atoms with Crippen LogP contribution in [0.1, 0.15) is 206 Å². The van der Waals surface area contributed by atoms with Gasteiger partial charge in [0.1, 0.15) is 19.8 Å². The Morgan fingerprint density at radius 3 is 1.21 bits per heavy atom. The van der Waals surface area contributed by atoms with Crippen LogP contribution in [0, 0.1) is 0 Å². The van der Waals surface area contributed by atoms with Crippen molar-refractivity contribution >= 4 is 19.8 Å². The second-order valence-corrected chi connectivity index (χ2v) is 20.6. The molecule has 0 aromatic rings. The van der Waals surface area contributed by atoms with E-state index in [2.05, 4.69) is 123 Å². The van der Waals surface area contributed by atoms with Crippen LogP contribution in [0.2, 0.25) is 0 Å². The zero-order chi connectivity index (χ0) is 51.3. The van der Waals surface area contributed by atoms with Gasteiger partial charge in [-0.25, -0.2) is 0 Å². The van der Waals surface area contributed by atoms with Gasteiger partial charge in [-0.3, -0.25) is 14.2 Å². The topological polar surface area (TPSA) is 111 Å². The molecule has 0 aliphatic heterocycles. The third kappa shape index (κ3) is 54.0. The number of unbranched alkanes of at least 4 members (excludes halogenated alkanes) is 17. The second kappa shape index (κ2) is 50.6. The van der Waals surface area contributed by atoms with Crippen molar-refractivity contribution in [1.29, 1.82) is 0 Å². The maximum Gasteiger partial charge on any atom is 0.306 e. The van der Waals surface area contributed by atoms with Crippen LogP contribution in [0.3, 0.4) is 0 Å². The van der Waals surface area contributed by atoms with Crippen LogP contribution in [0.4, 0.5) is 0 Å². The van der Waals surface area contributed by atoms with Crippen molar-refractivity contribution in [3.63, 3.8) is 0 Å². The van der Waals surface area contributed by atoms with Crippen molar-refractivity contribution in [1.82, 2.24) is 0 Å². The monoisotopic (exact) mass is 996 g/mol. The third-order valence-corrected chi connectivity index (χ3v) is 12.3. The number of carbonyl (C=O) groups is 2. The summed E-state index contributed by atoms with van der Waals surface area (Å²) in [6, 6.07) is 0. The fourth-order valence-electron chi connectivity index (χ4n) is 7.06. The minimum Gasteiger partial charge on any atom is -0.756 e. The van der Waals surface area contributed by atoms with Crippen LogP contribution in [0.25, 0.3) is 0 Å². The largest absolute Gasteiger partial charge is 0.756 e. The molecule has 400 valence electrons. The van der Waals surface area contributed by atoms with E-state index in [0.717, 1.165) is 109 Å². The lowest BCUT2D eigenvalue weighted by atomic mass is 10.0. The summed E-state index contributed by atoms with van der Waals surface area (Å²) in [7, 11) is 1.15. The first-order valence-electron chi connectivity index (χ1n) is 27.6. The third-order valence-electron chi connectivity index (χ3n) is 11.3. The summed E-state index contributed by atoms with van der Waals surface area (Å²) in [5.74, 6) is -0.849. The predicted octanol–water partition coefficient (Wildman–Crippen LogP) is 16.4. The number of carbonyl (C=O) groups excluding carboxylic acids is 2. The van der Waals surface area contributed by atoms with Crippen LogP contribution in [-0.2, 0) is 32.7 Å². The number of hydrogen-bond acceptors (Lipinski definition) is 8. The van der Waals surface area contributed by atoms with Crippen LogP contribution < -0.4 is 4.89 Å². The highest BCUT2D eigenvalue weighted by atomic mass is 31.2. The van der Waals surface area contributed by atoms with Crippen molar-refractivity contribution in [3.8, 4) is 0 Å². The number of phosphoric acid groups is 1. The first kappa shape index (κ1) is 66.7.